The SMILES string of the molecule is Cc1ncc(NCC2CCN(C(C)C)C2)nc1C. The lowest BCUT2D eigenvalue weighted by Crippen LogP contribution is -2.29. The lowest BCUT2D eigenvalue weighted by atomic mass is 10.1. The van der Waals surface area contributed by atoms with Gasteiger partial charge >= 0.3 is 0 Å². The molecule has 0 amide bonds. The highest BCUT2D eigenvalue weighted by Crippen LogP contribution is 2.18. The first-order valence-corrected chi connectivity index (χ1v) is 6.84. The molecule has 2 heterocycles. The summed E-state index contributed by atoms with van der Waals surface area (Å²) in [5, 5.41) is 3.41. The second-order valence-electron chi connectivity index (χ2n) is 5.55. The molecule has 1 aliphatic heterocycles. The molecule has 0 spiro atoms. The van der Waals surface area contributed by atoms with Crippen molar-refractivity contribution in [1.29, 1.82) is 0 Å². The minimum absolute atomic E-state index is 0.663. The molecule has 0 saturated carbocycles. The van der Waals surface area contributed by atoms with E-state index in [1.807, 2.05) is 20.0 Å². The van der Waals surface area contributed by atoms with Gasteiger partial charge in [-0.25, -0.2) is 4.98 Å². The number of rotatable bonds is 4. The summed E-state index contributed by atoms with van der Waals surface area (Å²) in [5.41, 5.74) is 2.02. The first-order chi connectivity index (χ1) is 8.56. The van der Waals surface area contributed by atoms with Gasteiger partial charge in [-0.05, 0) is 46.6 Å². The van der Waals surface area contributed by atoms with E-state index in [4.69, 9.17) is 0 Å². The van der Waals surface area contributed by atoms with E-state index in [0.717, 1.165) is 29.7 Å². The largest absolute Gasteiger partial charge is 0.368 e. The molecular formula is C14H24N4. The van der Waals surface area contributed by atoms with Crippen molar-refractivity contribution in [3.63, 3.8) is 0 Å². The van der Waals surface area contributed by atoms with E-state index in [1.165, 1.54) is 19.5 Å². The number of hydrogen-bond donors (Lipinski definition) is 1. The van der Waals surface area contributed by atoms with Crippen LogP contribution in [0.5, 0.6) is 0 Å². The Bertz CT molecular complexity index is 403. The van der Waals surface area contributed by atoms with Crippen molar-refractivity contribution in [2.75, 3.05) is 25.0 Å². The minimum Gasteiger partial charge on any atom is -0.368 e. The Morgan fingerprint density at radius 3 is 2.78 bits per heavy atom. The summed E-state index contributed by atoms with van der Waals surface area (Å²) in [6.07, 6.45) is 3.11. The molecule has 0 aromatic carbocycles. The zero-order chi connectivity index (χ0) is 13.1. The summed E-state index contributed by atoms with van der Waals surface area (Å²) in [4.78, 5) is 11.4. The van der Waals surface area contributed by atoms with E-state index in [-0.39, 0.29) is 0 Å². The van der Waals surface area contributed by atoms with Crippen LogP contribution >= 0.6 is 0 Å². The van der Waals surface area contributed by atoms with Crippen molar-refractivity contribution in [1.82, 2.24) is 14.9 Å². The fraction of sp³-hybridized carbons (Fsp3) is 0.714. The molecule has 1 aromatic heterocycles. The molecule has 1 aliphatic rings. The average molecular weight is 248 g/mol. The van der Waals surface area contributed by atoms with Crippen LogP contribution in [0, 0.1) is 19.8 Å². The van der Waals surface area contributed by atoms with Crippen LogP contribution < -0.4 is 5.32 Å². The van der Waals surface area contributed by atoms with Gasteiger partial charge in [0.15, 0.2) is 0 Å². The first-order valence-electron chi connectivity index (χ1n) is 6.84. The third-order valence-corrected chi connectivity index (χ3v) is 3.81. The van der Waals surface area contributed by atoms with E-state index in [2.05, 4.69) is 34.0 Å². The van der Waals surface area contributed by atoms with Crippen LogP contribution in [-0.4, -0.2) is 40.5 Å². The van der Waals surface area contributed by atoms with Crippen molar-refractivity contribution in [2.24, 2.45) is 5.92 Å². The Morgan fingerprint density at radius 2 is 2.17 bits per heavy atom. The van der Waals surface area contributed by atoms with Gasteiger partial charge in [-0.1, -0.05) is 0 Å². The van der Waals surface area contributed by atoms with Crippen LogP contribution in [0.3, 0.4) is 0 Å². The van der Waals surface area contributed by atoms with Gasteiger partial charge in [0, 0.05) is 19.1 Å². The number of anilines is 1. The number of hydrogen-bond acceptors (Lipinski definition) is 4. The summed E-state index contributed by atoms with van der Waals surface area (Å²) in [6.45, 7) is 12.0. The normalized spacial score (nSPS) is 20.6. The van der Waals surface area contributed by atoms with Crippen molar-refractivity contribution < 1.29 is 0 Å². The summed E-state index contributed by atoms with van der Waals surface area (Å²) >= 11 is 0. The van der Waals surface area contributed by atoms with Gasteiger partial charge in [0.1, 0.15) is 5.82 Å². The third kappa shape index (κ3) is 3.19. The molecular weight excluding hydrogens is 224 g/mol. The van der Waals surface area contributed by atoms with Gasteiger partial charge in [-0.15, -0.1) is 0 Å². The minimum atomic E-state index is 0.663. The third-order valence-electron chi connectivity index (χ3n) is 3.81. The Kier molecular flexibility index (Phi) is 4.17. The molecule has 0 bridgehead atoms. The van der Waals surface area contributed by atoms with Crippen LogP contribution in [0.15, 0.2) is 6.20 Å². The van der Waals surface area contributed by atoms with Gasteiger partial charge < -0.3 is 10.2 Å². The van der Waals surface area contributed by atoms with Gasteiger partial charge in [0.25, 0.3) is 0 Å². The average Bonchev–Trinajstić information content (AvgIpc) is 2.79. The lowest BCUT2D eigenvalue weighted by molar-refractivity contribution is 0.266. The van der Waals surface area contributed by atoms with E-state index in [1.54, 1.807) is 0 Å². The summed E-state index contributed by atoms with van der Waals surface area (Å²) in [5.74, 6) is 1.64. The van der Waals surface area contributed by atoms with Crippen LogP contribution in [-0.2, 0) is 0 Å². The quantitative estimate of drug-likeness (QED) is 0.887. The van der Waals surface area contributed by atoms with Crippen molar-refractivity contribution in [2.45, 2.75) is 40.2 Å². The Labute approximate surface area is 110 Å². The maximum absolute atomic E-state index is 4.50. The predicted octanol–water partition coefficient (Wildman–Crippen LogP) is 2.24. The number of aromatic nitrogens is 2. The van der Waals surface area contributed by atoms with Crippen molar-refractivity contribution in [3.8, 4) is 0 Å². The van der Waals surface area contributed by atoms with Crippen LogP contribution in [0.2, 0.25) is 0 Å². The molecule has 1 N–H and O–H groups in total. The van der Waals surface area contributed by atoms with E-state index in [9.17, 15) is 0 Å². The second kappa shape index (κ2) is 5.65. The maximum atomic E-state index is 4.50. The smallest absolute Gasteiger partial charge is 0.144 e. The van der Waals surface area contributed by atoms with E-state index >= 15 is 0 Å². The van der Waals surface area contributed by atoms with Crippen LogP contribution in [0.25, 0.3) is 0 Å². The van der Waals surface area contributed by atoms with E-state index < -0.39 is 0 Å². The Morgan fingerprint density at radius 1 is 1.39 bits per heavy atom. The fourth-order valence-corrected chi connectivity index (χ4v) is 2.37. The van der Waals surface area contributed by atoms with Gasteiger partial charge in [0.05, 0.1) is 17.6 Å². The molecule has 0 radical (unpaired) electrons. The molecule has 4 heteroatoms. The molecule has 18 heavy (non-hydrogen) atoms. The summed E-state index contributed by atoms with van der Waals surface area (Å²) < 4.78 is 0. The molecule has 1 saturated heterocycles. The van der Waals surface area contributed by atoms with Gasteiger partial charge in [0.2, 0.25) is 0 Å². The van der Waals surface area contributed by atoms with E-state index in [0.29, 0.717) is 6.04 Å². The van der Waals surface area contributed by atoms with Crippen molar-refractivity contribution in [3.05, 3.63) is 17.6 Å². The first kappa shape index (κ1) is 13.3. The zero-order valence-corrected chi connectivity index (χ0v) is 11.9. The van der Waals surface area contributed by atoms with Crippen LogP contribution in [0.1, 0.15) is 31.7 Å². The lowest BCUT2D eigenvalue weighted by Gasteiger charge is -2.20. The highest BCUT2D eigenvalue weighted by atomic mass is 15.2. The highest BCUT2D eigenvalue weighted by molar-refractivity contribution is 5.33. The topological polar surface area (TPSA) is 41.1 Å². The molecule has 2 rings (SSSR count). The van der Waals surface area contributed by atoms with Crippen molar-refractivity contribution >= 4 is 5.82 Å². The number of aryl methyl sites for hydroxylation is 2. The summed E-state index contributed by atoms with van der Waals surface area (Å²) in [7, 11) is 0. The Balaban J connectivity index is 1.83. The molecule has 4 nitrogen and oxygen atoms in total. The number of nitrogens with zero attached hydrogens (tertiary/aromatic N) is 3. The fourth-order valence-electron chi connectivity index (χ4n) is 2.37. The molecule has 100 valence electrons. The summed E-state index contributed by atoms with van der Waals surface area (Å²) in [6, 6.07) is 0.663. The highest BCUT2D eigenvalue weighted by Gasteiger charge is 2.23. The standard InChI is InChI=1S/C14H24N4/c1-10(2)18-6-5-13(9-18)7-16-14-8-15-11(3)12(4)17-14/h8,10,13H,5-7,9H2,1-4H3,(H,16,17). The number of likely N-dealkylation sites (tertiary alicyclic amines) is 1. The number of nitrogens with one attached hydrogen (secondary N) is 1. The molecule has 1 atom stereocenters. The Hall–Kier alpha value is -1.16. The van der Waals surface area contributed by atoms with Gasteiger partial charge in [-0.2, -0.15) is 0 Å². The van der Waals surface area contributed by atoms with Gasteiger partial charge in [-0.3, -0.25) is 4.98 Å². The molecule has 0 aliphatic carbocycles. The van der Waals surface area contributed by atoms with Crippen LogP contribution in [0.4, 0.5) is 5.82 Å². The maximum Gasteiger partial charge on any atom is 0.144 e. The zero-order valence-electron chi connectivity index (χ0n) is 11.9. The monoisotopic (exact) mass is 248 g/mol. The molecule has 1 fully saturated rings. The predicted molar refractivity (Wildman–Crippen MR) is 74.8 cm³/mol. The molecule has 1 unspecified atom stereocenters. The second-order valence-corrected chi connectivity index (χ2v) is 5.55. The molecule has 1 aromatic rings.